The van der Waals surface area contributed by atoms with Crippen molar-refractivity contribution in [2.75, 3.05) is 0 Å². The molecule has 0 spiro atoms. The zero-order valence-electron chi connectivity index (χ0n) is 13.3. The van der Waals surface area contributed by atoms with Gasteiger partial charge in [0.1, 0.15) is 0 Å². The lowest BCUT2D eigenvalue weighted by molar-refractivity contribution is 0.391. The Morgan fingerprint density at radius 2 is 2.00 bits per heavy atom. The summed E-state index contributed by atoms with van der Waals surface area (Å²) in [5, 5.41) is 12.5. The van der Waals surface area contributed by atoms with E-state index in [0.29, 0.717) is 28.6 Å². The van der Waals surface area contributed by atoms with Crippen LogP contribution >= 0.6 is 11.8 Å². The maximum atomic E-state index is 5.61. The summed E-state index contributed by atoms with van der Waals surface area (Å²) in [6, 6.07) is 11.6. The van der Waals surface area contributed by atoms with Crippen molar-refractivity contribution in [1.82, 2.24) is 25.3 Å². The van der Waals surface area contributed by atoms with Gasteiger partial charge in [0.2, 0.25) is 17.6 Å². The molecular weight excluding hydrogens is 338 g/mol. The van der Waals surface area contributed by atoms with Crippen LogP contribution in [0.4, 0.5) is 0 Å². The second-order valence-corrected chi connectivity index (χ2v) is 6.21. The van der Waals surface area contributed by atoms with E-state index in [2.05, 4.69) is 25.3 Å². The normalized spacial score (nSPS) is 10.9. The second kappa shape index (κ2) is 6.86. The van der Waals surface area contributed by atoms with Gasteiger partial charge >= 0.3 is 0 Å². The average Bonchev–Trinajstić information content (AvgIpc) is 3.30. The molecule has 3 aromatic heterocycles. The first-order valence-electron chi connectivity index (χ1n) is 7.54. The van der Waals surface area contributed by atoms with Crippen molar-refractivity contribution in [3.05, 3.63) is 60.2 Å². The SMILES string of the molecule is Cc1cccc(-c2noc(CSc3nnc(-c4cccnc4)o3)n2)c1. The first-order chi connectivity index (χ1) is 12.3. The molecule has 0 aliphatic carbocycles. The third-order valence-corrected chi connectivity index (χ3v) is 4.18. The standard InChI is InChI=1S/C17H13N5O2S/c1-11-4-2-5-12(8-11)15-19-14(24-22-15)10-25-17-21-20-16(23-17)13-6-3-7-18-9-13/h2-9H,10H2,1H3. The Labute approximate surface area is 147 Å². The van der Waals surface area contributed by atoms with E-state index >= 15 is 0 Å². The molecule has 1 aromatic carbocycles. The lowest BCUT2D eigenvalue weighted by Gasteiger charge is -1.95. The first-order valence-corrected chi connectivity index (χ1v) is 8.53. The molecule has 0 saturated heterocycles. The van der Waals surface area contributed by atoms with Crippen molar-refractivity contribution >= 4 is 11.8 Å². The zero-order valence-corrected chi connectivity index (χ0v) is 14.1. The van der Waals surface area contributed by atoms with Crippen LogP contribution < -0.4 is 0 Å². The quantitative estimate of drug-likeness (QED) is 0.502. The number of nitrogens with zero attached hydrogens (tertiary/aromatic N) is 5. The summed E-state index contributed by atoms with van der Waals surface area (Å²) in [7, 11) is 0. The van der Waals surface area contributed by atoms with Crippen molar-refractivity contribution in [2.24, 2.45) is 0 Å². The van der Waals surface area contributed by atoms with Gasteiger partial charge in [-0.05, 0) is 25.1 Å². The van der Waals surface area contributed by atoms with Crippen LogP contribution in [-0.4, -0.2) is 25.3 Å². The summed E-state index contributed by atoms with van der Waals surface area (Å²) < 4.78 is 10.9. The van der Waals surface area contributed by atoms with E-state index in [-0.39, 0.29) is 0 Å². The molecule has 7 nitrogen and oxygen atoms in total. The highest BCUT2D eigenvalue weighted by atomic mass is 32.2. The van der Waals surface area contributed by atoms with Gasteiger partial charge in [0.15, 0.2) is 0 Å². The molecule has 0 unspecified atom stereocenters. The van der Waals surface area contributed by atoms with Crippen LogP contribution in [0.3, 0.4) is 0 Å². The highest BCUT2D eigenvalue weighted by Crippen LogP contribution is 2.25. The minimum Gasteiger partial charge on any atom is -0.411 e. The number of hydrogen-bond acceptors (Lipinski definition) is 8. The molecule has 0 fully saturated rings. The summed E-state index contributed by atoms with van der Waals surface area (Å²) in [5.41, 5.74) is 2.85. The van der Waals surface area contributed by atoms with Crippen LogP contribution in [0, 0.1) is 6.92 Å². The van der Waals surface area contributed by atoms with Gasteiger partial charge in [0.25, 0.3) is 5.22 Å². The molecular formula is C17H13N5O2S. The second-order valence-electron chi connectivity index (χ2n) is 5.28. The number of rotatable bonds is 5. The Hall–Kier alpha value is -3.00. The number of aromatic nitrogens is 5. The van der Waals surface area contributed by atoms with Crippen molar-refractivity contribution in [3.63, 3.8) is 0 Å². The first kappa shape index (κ1) is 15.5. The van der Waals surface area contributed by atoms with E-state index in [4.69, 9.17) is 8.94 Å². The summed E-state index contributed by atoms with van der Waals surface area (Å²) >= 11 is 1.34. The molecule has 3 heterocycles. The van der Waals surface area contributed by atoms with Crippen molar-refractivity contribution in [1.29, 1.82) is 0 Å². The van der Waals surface area contributed by atoms with Crippen molar-refractivity contribution < 1.29 is 8.94 Å². The van der Waals surface area contributed by atoms with E-state index in [1.165, 1.54) is 11.8 Å². The maximum absolute atomic E-state index is 5.61. The van der Waals surface area contributed by atoms with E-state index in [1.807, 2.05) is 43.3 Å². The minimum absolute atomic E-state index is 0.432. The van der Waals surface area contributed by atoms with E-state index < -0.39 is 0 Å². The van der Waals surface area contributed by atoms with Crippen LogP contribution in [0.25, 0.3) is 22.8 Å². The number of hydrogen-bond donors (Lipinski definition) is 0. The molecule has 4 rings (SSSR count). The molecule has 4 aromatic rings. The topological polar surface area (TPSA) is 90.7 Å². The maximum Gasteiger partial charge on any atom is 0.277 e. The van der Waals surface area contributed by atoms with E-state index in [9.17, 15) is 0 Å². The van der Waals surface area contributed by atoms with Gasteiger partial charge in [0, 0.05) is 18.0 Å². The lowest BCUT2D eigenvalue weighted by Crippen LogP contribution is -1.84. The van der Waals surface area contributed by atoms with Crippen molar-refractivity contribution in [2.45, 2.75) is 17.9 Å². The Morgan fingerprint density at radius 1 is 1.08 bits per heavy atom. The molecule has 0 aliphatic rings. The number of aryl methyl sites for hydroxylation is 1. The molecule has 8 heteroatoms. The largest absolute Gasteiger partial charge is 0.411 e. The van der Waals surface area contributed by atoms with E-state index in [0.717, 1.165) is 16.7 Å². The Morgan fingerprint density at radius 3 is 2.84 bits per heavy atom. The van der Waals surface area contributed by atoms with Gasteiger partial charge in [-0.2, -0.15) is 4.98 Å². The third kappa shape index (κ3) is 3.58. The van der Waals surface area contributed by atoms with Gasteiger partial charge in [0.05, 0.1) is 11.3 Å². The summed E-state index contributed by atoms with van der Waals surface area (Å²) in [6.45, 7) is 2.02. The summed E-state index contributed by atoms with van der Waals surface area (Å²) in [4.78, 5) is 8.44. The summed E-state index contributed by atoms with van der Waals surface area (Å²) in [5.74, 6) is 1.96. The Balaban J connectivity index is 1.43. The van der Waals surface area contributed by atoms with E-state index in [1.54, 1.807) is 12.4 Å². The molecule has 0 atom stereocenters. The van der Waals surface area contributed by atoms with Crippen molar-refractivity contribution in [3.8, 4) is 22.8 Å². The van der Waals surface area contributed by atoms with Gasteiger partial charge in [-0.3, -0.25) is 4.98 Å². The molecule has 0 N–H and O–H groups in total. The van der Waals surface area contributed by atoms with Crippen LogP contribution in [0.2, 0.25) is 0 Å². The monoisotopic (exact) mass is 351 g/mol. The van der Waals surface area contributed by atoms with Crippen LogP contribution in [-0.2, 0) is 5.75 Å². The Bertz CT molecular complexity index is 983. The van der Waals surface area contributed by atoms with Gasteiger partial charge < -0.3 is 8.94 Å². The fourth-order valence-corrected chi connectivity index (χ4v) is 2.81. The number of thioether (sulfide) groups is 1. The molecule has 0 amide bonds. The molecule has 0 aliphatic heterocycles. The van der Waals surface area contributed by atoms with Crippen LogP contribution in [0.15, 0.2) is 63.0 Å². The summed E-state index contributed by atoms with van der Waals surface area (Å²) in [6.07, 6.45) is 3.37. The number of pyridine rings is 1. The minimum atomic E-state index is 0.432. The van der Waals surface area contributed by atoms with Gasteiger partial charge in [-0.15, -0.1) is 10.2 Å². The zero-order chi connectivity index (χ0) is 17.1. The smallest absolute Gasteiger partial charge is 0.277 e. The third-order valence-electron chi connectivity index (χ3n) is 3.38. The molecule has 0 radical (unpaired) electrons. The fourth-order valence-electron chi connectivity index (χ4n) is 2.21. The fraction of sp³-hybridized carbons (Fsp3) is 0.118. The molecule has 0 bridgehead atoms. The predicted octanol–water partition coefficient (Wildman–Crippen LogP) is 3.78. The van der Waals surface area contributed by atoms with Gasteiger partial charge in [-0.1, -0.05) is 40.7 Å². The highest BCUT2D eigenvalue weighted by Gasteiger charge is 2.13. The van der Waals surface area contributed by atoms with Gasteiger partial charge in [-0.25, -0.2) is 0 Å². The molecule has 0 saturated carbocycles. The predicted molar refractivity (Wildman–Crippen MR) is 91.6 cm³/mol. The van der Waals surface area contributed by atoms with Crippen LogP contribution in [0.5, 0.6) is 0 Å². The highest BCUT2D eigenvalue weighted by molar-refractivity contribution is 7.98. The average molecular weight is 351 g/mol. The number of benzene rings is 1. The lowest BCUT2D eigenvalue weighted by atomic mass is 10.1. The molecule has 25 heavy (non-hydrogen) atoms. The Kier molecular flexibility index (Phi) is 4.26. The molecule has 124 valence electrons. The van der Waals surface area contributed by atoms with Crippen LogP contribution in [0.1, 0.15) is 11.5 Å².